The van der Waals surface area contributed by atoms with E-state index in [9.17, 15) is 0 Å². The van der Waals surface area contributed by atoms with Crippen LogP contribution in [0.3, 0.4) is 0 Å². The third-order valence-corrected chi connectivity index (χ3v) is 3.57. The molecule has 0 heterocycles. The normalized spacial score (nSPS) is 10.6. The van der Waals surface area contributed by atoms with Crippen LogP contribution in [0.1, 0.15) is 25.8 Å². The summed E-state index contributed by atoms with van der Waals surface area (Å²) in [4.78, 5) is 2.81. The monoisotopic (exact) mass is 295 g/mol. The van der Waals surface area contributed by atoms with E-state index in [2.05, 4.69) is 24.1 Å². The summed E-state index contributed by atoms with van der Waals surface area (Å²) < 4.78 is 5.24. The Morgan fingerprint density at radius 1 is 1.35 bits per heavy atom. The van der Waals surface area contributed by atoms with Crippen LogP contribution in [0.25, 0.3) is 0 Å². The van der Waals surface area contributed by atoms with Gasteiger partial charge in [-0.3, -0.25) is 0 Å². The number of rotatable bonds is 9. The molecule has 112 valence electrons. The van der Waals surface area contributed by atoms with Gasteiger partial charge in [0.05, 0.1) is 7.11 Å². The summed E-state index contributed by atoms with van der Waals surface area (Å²) in [6.45, 7) is 8.53. The largest absolute Gasteiger partial charge is 0.497 e. The molecule has 0 aromatic heterocycles. The highest BCUT2D eigenvalue weighted by Crippen LogP contribution is 2.22. The lowest BCUT2D eigenvalue weighted by atomic mass is 10.1. The van der Waals surface area contributed by atoms with Gasteiger partial charge in [-0.25, -0.2) is 0 Å². The van der Waals surface area contributed by atoms with E-state index >= 15 is 0 Å². The molecule has 0 atom stereocenters. The SMILES string of the molecule is CCN(CC)CCCNc1cc(OC)ccc1C(N)=S. The molecule has 5 heteroatoms. The average Bonchev–Trinajstić information content (AvgIpc) is 2.47. The maximum Gasteiger partial charge on any atom is 0.120 e. The Bertz CT molecular complexity index is 433. The number of thiocarbonyl (C=S) groups is 1. The van der Waals surface area contributed by atoms with Crippen LogP contribution < -0.4 is 15.8 Å². The van der Waals surface area contributed by atoms with Gasteiger partial charge in [0.2, 0.25) is 0 Å². The predicted molar refractivity (Wildman–Crippen MR) is 89.8 cm³/mol. The molecule has 0 radical (unpaired) electrons. The average molecular weight is 295 g/mol. The molecule has 4 nitrogen and oxygen atoms in total. The van der Waals surface area contributed by atoms with E-state index in [-0.39, 0.29) is 0 Å². The Hall–Kier alpha value is -1.33. The minimum atomic E-state index is 0.402. The second-order valence-electron chi connectivity index (χ2n) is 4.58. The zero-order valence-electron chi connectivity index (χ0n) is 12.6. The second kappa shape index (κ2) is 8.76. The van der Waals surface area contributed by atoms with Crippen molar-refractivity contribution in [2.24, 2.45) is 5.73 Å². The first kappa shape index (κ1) is 16.7. The number of nitrogens with zero attached hydrogens (tertiary/aromatic N) is 1. The van der Waals surface area contributed by atoms with Crippen molar-refractivity contribution in [2.75, 3.05) is 38.6 Å². The number of methoxy groups -OCH3 is 1. The molecule has 0 saturated heterocycles. The van der Waals surface area contributed by atoms with E-state index in [0.717, 1.165) is 49.6 Å². The number of hydrogen-bond acceptors (Lipinski definition) is 4. The Morgan fingerprint density at radius 3 is 2.60 bits per heavy atom. The van der Waals surface area contributed by atoms with Gasteiger partial charge >= 0.3 is 0 Å². The van der Waals surface area contributed by atoms with Gasteiger partial charge in [0, 0.05) is 23.9 Å². The van der Waals surface area contributed by atoms with Crippen LogP contribution in [0.5, 0.6) is 5.75 Å². The number of ether oxygens (including phenoxy) is 1. The van der Waals surface area contributed by atoms with Gasteiger partial charge in [-0.05, 0) is 38.2 Å². The third-order valence-electron chi connectivity index (χ3n) is 3.35. The fourth-order valence-corrected chi connectivity index (χ4v) is 2.26. The molecule has 0 aliphatic carbocycles. The molecule has 0 aliphatic rings. The molecule has 0 bridgehead atoms. The highest BCUT2D eigenvalue weighted by atomic mass is 32.1. The van der Waals surface area contributed by atoms with Gasteiger partial charge in [-0.15, -0.1) is 0 Å². The van der Waals surface area contributed by atoms with Gasteiger partial charge in [0.15, 0.2) is 0 Å². The number of hydrogen-bond donors (Lipinski definition) is 2. The van der Waals surface area contributed by atoms with Gasteiger partial charge in [0.1, 0.15) is 10.7 Å². The van der Waals surface area contributed by atoms with Gasteiger partial charge in [-0.1, -0.05) is 26.1 Å². The predicted octanol–water partition coefficient (Wildman–Crippen LogP) is 2.47. The molecule has 0 saturated carbocycles. The zero-order chi connectivity index (χ0) is 15.0. The van der Waals surface area contributed by atoms with Gasteiger partial charge < -0.3 is 20.7 Å². The molecule has 0 amide bonds. The van der Waals surface area contributed by atoms with E-state index in [0.29, 0.717) is 4.99 Å². The summed E-state index contributed by atoms with van der Waals surface area (Å²) in [5.74, 6) is 0.802. The lowest BCUT2D eigenvalue weighted by Crippen LogP contribution is -2.25. The Kier molecular flexibility index (Phi) is 7.33. The van der Waals surface area contributed by atoms with E-state index in [1.807, 2.05) is 18.2 Å². The lowest BCUT2D eigenvalue weighted by molar-refractivity contribution is 0.303. The third kappa shape index (κ3) is 4.98. The smallest absolute Gasteiger partial charge is 0.120 e. The van der Waals surface area contributed by atoms with Crippen LogP contribution in [-0.4, -0.2) is 43.2 Å². The second-order valence-corrected chi connectivity index (χ2v) is 5.02. The molecule has 0 fully saturated rings. The zero-order valence-corrected chi connectivity index (χ0v) is 13.4. The molecular weight excluding hydrogens is 270 g/mol. The van der Waals surface area contributed by atoms with Crippen molar-refractivity contribution in [3.63, 3.8) is 0 Å². The van der Waals surface area contributed by atoms with Crippen molar-refractivity contribution in [1.29, 1.82) is 0 Å². The topological polar surface area (TPSA) is 50.5 Å². The van der Waals surface area contributed by atoms with Crippen molar-refractivity contribution in [2.45, 2.75) is 20.3 Å². The molecular formula is C15H25N3OS. The van der Waals surface area contributed by atoms with Crippen molar-refractivity contribution in [3.05, 3.63) is 23.8 Å². The van der Waals surface area contributed by atoms with Gasteiger partial charge in [0.25, 0.3) is 0 Å². The van der Waals surface area contributed by atoms with Crippen LogP contribution in [0.15, 0.2) is 18.2 Å². The highest BCUT2D eigenvalue weighted by Gasteiger charge is 2.07. The first-order chi connectivity index (χ1) is 9.62. The molecule has 1 rings (SSSR count). The van der Waals surface area contributed by atoms with E-state index in [1.54, 1.807) is 7.11 Å². The fourth-order valence-electron chi connectivity index (χ4n) is 2.08. The van der Waals surface area contributed by atoms with E-state index < -0.39 is 0 Å². The molecule has 3 N–H and O–H groups in total. The maximum absolute atomic E-state index is 5.74. The molecule has 1 aromatic carbocycles. The van der Waals surface area contributed by atoms with Crippen molar-refractivity contribution >= 4 is 22.9 Å². The fraction of sp³-hybridized carbons (Fsp3) is 0.533. The van der Waals surface area contributed by atoms with Crippen LogP contribution in [-0.2, 0) is 0 Å². The number of nitrogens with two attached hydrogens (primary N) is 1. The number of nitrogens with one attached hydrogen (secondary N) is 1. The van der Waals surface area contributed by atoms with E-state index in [1.165, 1.54) is 0 Å². The minimum absolute atomic E-state index is 0.402. The standard InChI is InChI=1S/C15H25N3OS/c1-4-18(5-2)10-6-9-17-14-11-12(19-3)7-8-13(14)15(16)20/h7-8,11,17H,4-6,9-10H2,1-3H3,(H2,16,20). The lowest BCUT2D eigenvalue weighted by Gasteiger charge is -2.18. The van der Waals surface area contributed by atoms with Gasteiger partial charge in [-0.2, -0.15) is 0 Å². The first-order valence-electron chi connectivity index (χ1n) is 7.06. The molecule has 0 unspecified atom stereocenters. The number of anilines is 1. The van der Waals surface area contributed by atoms with E-state index in [4.69, 9.17) is 22.7 Å². The maximum atomic E-state index is 5.74. The summed E-state index contributed by atoms with van der Waals surface area (Å²) in [6, 6.07) is 5.70. The van der Waals surface area contributed by atoms with Crippen molar-refractivity contribution in [3.8, 4) is 5.75 Å². The summed E-state index contributed by atoms with van der Waals surface area (Å²) in [5.41, 5.74) is 7.55. The quantitative estimate of drug-likeness (QED) is 0.541. The van der Waals surface area contributed by atoms with Crippen LogP contribution in [0, 0.1) is 0 Å². The Balaban J connectivity index is 2.59. The summed E-state index contributed by atoms with van der Waals surface area (Å²) in [6.07, 6.45) is 1.08. The highest BCUT2D eigenvalue weighted by molar-refractivity contribution is 7.80. The van der Waals surface area contributed by atoms with Crippen molar-refractivity contribution in [1.82, 2.24) is 4.90 Å². The molecule has 1 aromatic rings. The summed E-state index contributed by atoms with van der Waals surface area (Å²) >= 11 is 5.08. The first-order valence-corrected chi connectivity index (χ1v) is 7.47. The Morgan fingerprint density at radius 2 is 2.05 bits per heavy atom. The molecule has 20 heavy (non-hydrogen) atoms. The molecule has 0 aliphatic heterocycles. The summed E-state index contributed by atoms with van der Waals surface area (Å²) in [5, 5.41) is 3.40. The summed E-state index contributed by atoms with van der Waals surface area (Å²) in [7, 11) is 1.65. The van der Waals surface area contributed by atoms with Crippen LogP contribution >= 0.6 is 12.2 Å². The van der Waals surface area contributed by atoms with Crippen LogP contribution in [0.2, 0.25) is 0 Å². The van der Waals surface area contributed by atoms with Crippen LogP contribution in [0.4, 0.5) is 5.69 Å². The number of benzene rings is 1. The van der Waals surface area contributed by atoms with Crippen molar-refractivity contribution < 1.29 is 4.74 Å². The minimum Gasteiger partial charge on any atom is -0.497 e. The Labute approximate surface area is 127 Å². The molecule has 0 spiro atoms.